The van der Waals surface area contributed by atoms with Crippen LogP contribution in [0.3, 0.4) is 0 Å². The second kappa shape index (κ2) is 16.8. The average molecular weight is 576 g/mol. The number of carbonyl (C=O) groups is 3. The Balaban J connectivity index is 2.17. The number of nitrogens with zero attached hydrogens (tertiary/aromatic N) is 1. The molecule has 0 saturated heterocycles. The van der Waals surface area contributed by atoms with Gasteiger partial charge in [0.25, 0.3) is 5.69 Å². The summed E-state index contributed by atoms with van der Waals surface area (Å²) in [6.07, 6.45) is 1.68. The third-order valence-corrected chi connectivity index (χ3v) is 8.61. The van der Waals surface area contributed by atoms with Crippen molar-refractivity contribution in [2.75, 3.05) is 13.6 Å². The molecule has 3 atom stereocenters. The van der Waals surface area contributed by atoms with Gasteiger partial charge in [-0.1, -0.05) is 67.1 Å². The summed E-state index contributed by atoms with van der Waals surface area (Å²) in [7, 11) is 3.86. The van der Waals surface area contributed by atoms with Crippen molar-refractivity contribution in [3.63, 3.8) is 0 Å². The third-order valence-electron chi connectivity index (χ3n) is 5.78. The van der Waals surface area contributed by atoms with Crippen molar-refractivity contribution in [3.05, 3.63) is 70.3 Å². The summed E-state index contributed by atoms with van der Waals surface area (Å²) in [5.74, 6) is -1.06. The first-order chi connectivity index (χ1) is 18.7. The predicted molar refractivity (Wildman–Crippen MR) is 156 cm³/mol. The van der Waals surface area contributed by atoms with Gasteiger partial charge in [0.05, 0.1) is 15.1 Å². The van der Waals surface area contributed by atoms with Gasteiger partial charge in [0.15, 0.2) is 0 Å². The fourth-order valence-corrected chi connectivity index (χ4v) is 6.42. The second-order valence-electron chi connectivity index (χ2n) is 9.38. The van der Waals surface area contributed by atoms with Gasteiger partial charge in [0, 0.05) is 19.5 Å². The Morgan fingerprint density at radius 1 is 0.949 bits per heavy atom. The Morgan fingerprint density at radius 2 is 1.59 bits per heavy atom. The van der Waals surface area contributed by atoms with Gasteiger partial charge in [0.2, 0.25) is 17.7 Å². The number of hydrogen-bond acceptors (Lipinski definition) is 8. The average Bonchev–Trinajstić information content (AvgIpc) is 2.92. The number of amides is 3. The van der Waals surface area contributed by atoms with Gasteiger partial charge in [-0.2, -0.15) is 0 Å². The van der Waals surface area contributed by atoms with Crippen LogP contribution in [0, 0.1) is 16.0 Å². The lowest BCUT2D eigenvalue weighted by molar-refractivity contribution is -0.387. The van der Waals surface area contributed by atoms with E-state index in [0.29, 0.717) is 37.1 Å². The van der Waals surface area contributed by atoms with Crippen molar-refractivity contribution in [2.24, 2.45) is 11.7 Å². The number of benzene rings is 2. The summed E-state index contributed by atoms with van der Waals surface area (Å²) in [5.41, 5.74) is 6.54. The minimum absolute atomic E-state index is 0.0382. The van der Waals surface area contributed by atoms with Gasteiger partial charge < -0.3 is 21.7 Å². The van der Waals surface area contributed by atoms with E-state index in [1.807, 2.05) is 44.2 Å². The maximum atomic E-state index is 13.4. The van der Waals surface area contributed by atoms with Gasteiger partial charge in [-0.25, -0.2) is 0 Å². The molecule has 0 radical (unpaired) electrons. The van der Waals surface area contributed by atoms with Crippen molar-refractivity contribution in [1.29, 1.82) is 0 Å². The van der Waals surface area contributed by atoms with Crippen molar-refractivity contribution >= 4 is 45.0 Å². The first-order valence-corrected chi connectivity index (χ1v) is 15.0. The zero-order chi connectivity index (χ0) is 28.8. The van der Waals surface area contributed by atoms with Gasteiger partial charge in [-0.3, -0.25) is 24.5 Å². The van der Waals surface area contributed by atoms with Crippen LogP contribution in [0.25, 0.3) is 0 Å². The summed E-state index contributed by atoms with van der Waals surface area (Å²) < 4.78 is 0. The smallest absolute Gasteiger partial charge is 0.283 e. The molecule has 0 heterocycles. The molecule has 1 unspecified atom stereocenters. The third kappa shape index (κ3) is 10.9. The van der Waals surface area contributed by atoms with Crippen molar-refractivity contribution < 1.29 is 19.3 Å². The minimum atomic E-state index is -0.863. The standard InChI is InChI=1S/C27H37N5O5S2/c1-18(2)16-20(26(34)30-21(25(33)29-3)17-19-10-5-4-6-11-19)31-27(35)24(14-9-15-28)39-38-23-13-8-7-12-22(23)32(36)37/h4-8,10-13,18,20-21,24H,9,14-17,28H2,1-3H3,(H,29,33)(H,30,34)(H,31,35)/t20-,21-,24?/m0/s1. The number of para-hydroxylation sites is 1. The van der Waals surface area contributed by atoms with Crippen LogP contribution in [0.1, 0.15) is 38.7 Å². The van der Waals surface area contributed by atoms with Gasteiger partial charge in [0.1, 0.15) is 12.1 Å². The van der Waals surface area contributed by atoms with E-state index in [2.05, 4.69) is 16.0 Å². The van der Waals surface area contributed by atoms with E-state index in [0.717, 1.165) is 16.4 Å². The first kappa shape index (κ1) is 32.1. The molecule has 2 aromatic rings. The highest BCUT2D eigenvalue weighted by molar-refractivity contribution is 8.77. The van der Waals surface area contributed by atoms with Crippen LogP contribution in [0.4, 0.5) is 5.69 Å². The molecule has 0 aromatic heterocycles. The molecule has 3 amide bonds. The lowest BCUT2D eigenvalue weighted by Crippen LogP contribution is -2.55. The number of carbonyl (C=O) groups excluding carboxylic acids is 3. The van der Waals surface area contributed by atoms with Crippen LogP contribution in [0.5, 0.6) is 0 Å². The molecule has 0 aliphatic carbocycles. The Kier molecular flexibility index (Phi) is 13.8. The maximum Gasteiger partial charge on any atom is 0.283 e. The second-order valence-corrected chi connectivity index (χ2v) is 11.8. The zero-order valence-corrected chi connectivity index (χ0v) is 24.1. The van der Waals surface area contributed by atoms with E-state index in [1.54, 1.807) is 18.2 Å². The number of nitrogens with two attached hydrogens (primary N) is 1. The number of hydrogen-bond donors (Lipinski definition) is 4. The van der Waals surface area contributed by atoms with Gasteiger partial charge >= 0.3 is 0 Å². The summed E-state index contributed by atoms with van der Waals surface area (Å²) in [4.78, 5) is 50.7. The lowest BCUT2D eigenvalue weighted by Gasteiger charge is -2.25. The molecular weight excluding hydrogens is 538 g/mol. The number of nitro groups is 1. The number of rotatable bonds is 16. The molecule has 0 saturated carbocycles. The molecular formula is C27H37N5O5S2. The van der Waals surface area contributed by atoms with Crippen molar-refractivity contribution in [3.8, 4) is 0 Å². The molecule has 39 heavy (non-hydrogen) atoms. The Hall–Kier alpha value is -3.09. The normalized spacial score (nSPS) is 13.3. The fraction of sp³-hybridized carbons (Fsp3) is 0.444. The van der Waals surface area contributed by atoms with Crippen LogP contribution in [-0.2, 0) is 20.8 Å². The fourth-order valence-electron chi connectivity index (χ4n) is 3.79. The molecule has 0 bridgehead atoms. The SMILES string of the molecule is CNC(=O)[C@H](Cc1ccccc1)NC(=O)[C@H](CC(C)C)NC(=O)C(CCCN)SSc1ccccc1[N+](=O)[O-]. The van der Waals surface area contributed by atoms with E-state index in [1.165, 1.54) is 23.9 Å². The molecule has 2 rings (SSSR count). The highest BCUT2D eigenvalue weighted by Crippen LogP contribution is 2.40. The Bertz CT molecular complexity index is 1100. The van der Waals surface area contributed by atoms with E-state index in [9.17, 15) is 24.5 Å². The van der Waals surface area contributed by atoms with Crippen LogP contribution >= 0.6 is 21.6 Å². The van der Waals surface area contributed by atoms with Crippen LogP contribution in [0.15, 0.2) is 59.5 Å². The molecule has 12 heteroatoms. The van der Waals surface area contributed by atoms with Crippen LogP contribution in [0.2, 0.25) is 0 Å². The Labute approximate surface area is 237 Å². The monoisotopic (exact) mass is 575 g/mol. The zero-order valence-electron chi connectivity index (χ0n) is 22.4. The minimum Gasteiger partial charge on any atom is -0.357 e. The molecule has 10 nitrogen and oxygen atoms in total. The van der Waals surface area contributed by atoms with Crippen molar-refractivity contribution in [1.82, 2.24) is 16.0 Å². The Morgan fingerprint density at radius 3 is 2.21 bits per heavy atom. The number of nitro benzene ring substituents is 1. The quantitative estimate of drug-likeness (QED) is 0.135. The number of nitrogens with one attached hydrogen (secondary N) is 3. The number of likely N-dealkylation sites (N-methyl/N-ethyl adjacent to an activating group) is 1. The van der Waals surface area contributed by atoms with Crippen molar-refractivity contribution in [2.45, 2.75) is 61.8 Å². The van der Waals surface area contributed by atoms with Gasteiger partial charge in [-0.05, 0) is 54.1 Å². The highest BCUT2D eigenvalue weighted by Gasteiger charge is 2.30. The summed E-state index contributed by atoms with van der Waals surface area (Å²) in [6, 6.07) is 14.0. The van der Waals surface area contributed by atoms with Crippen LogP contribution < -0.4 is 21.7 Å². The molecule has 0 aliphatic rings. The van der Waals surface area contributed by atoms with E-state index >= 15 is 0 Å². The van der Waals surface area contributed by atoms with Gasteiger partial charge in [-0.15, -0.1) is 0 Å². The lowest BCUT2D eigenvalue weighted by atomic mass is 10.0. The predicted octanol–water partition coefficient (Wildman–Crippen LogP) is 3.45. The molecule has 212 valence electrons. The maximum absolute atomic E-state index is 13.4. The summed E-state index contributed by atoms with van der Waals surface area (Å²) in [5, 5.41) is 19.1. The topological polar surface area (TPSA) is 156 Å². The molecule has 0 spiro atoms. The van der Waals surface area contributed by atoms with E-state index in [-0.39, 0.29) is 23.4 Å². The molecule has 2 aromatic carbocycles. The summed E-state index contributed by atoms with van der Waals surface area (Å²) >= 11 is 0. The largest absolute Gasteiger partial charge is 0.357 e. The highest BCUT2D eigenvalue weighted by atomic mass is 33.1. The van der Waals surface area contributed by atoms with Crippen LogP contribution in [-0.4, -0.2) is 53.6 Å². The molecule has 0 fully saturated rings. The van der Waals surface area contributed by atoms with E-state index < -0.39 is 28.2 Å². The van der Waals surface area contributed by atoms with E-state index in [4.69, 9.17) is 5.73 Å². The molecule has 5 N–H and O–H groups in total. The summed E-state index contributed by atoms with van der Waals surface area (Å²) in [6.45, 7) is 4.26. The first-order valence-electron chi connectivity index (χ1n) is 12.8. The molecule has 0 aliphatic heterocycles.